The number of rotatable bonds is 7. The number of nitrogens with two attached hydrogens (primary N) is 1. The zero-order valence-corrected chi connectivity index (χ0v) is 20.5. The zero-order valence-electron chi connectivity index (χ0n) is 19.8. The summed E-state index contributed by atoms with van der Waals surface area (Å²) in [6, 6.07) is 20.1. The number of H-pyrrole nitrogens is 1. The van der Waals surface area contributed by atoms with Crippen molar-refractivity contribution in [2.45, 2.75) is 12.6 Å². The molecule has 10 heteroatoms. The summed E-state index contributed by atoms with van der Waals surface area (Å²) in [7, 11) is 1.33. The van der Waals surface area contributed by atoms with Crippen LogP contribution in [0.5, 0.6) is 0 Å². The first-order valence-electron chi connectivity index (χ1n) is 11.4. The highest BCUT2D eigenvalue weighted by Crippen LogP contribution is 2.36. The Labute approximate surface area is 217 Å². The number of hydrogen-bond donors (Lipinski definition) is 4. The molecule has 0 aliphatic rings. The van der Waals surface area contributed by atoms with Gasteiger partial charge in [0.2, 0.25) is 0 Å². The lowest BCUT2D eigenvalue weighted by atomic mass is 10.0. The van der Waals surface area contributed by atoms with Gasteiger partial charge < -0.3 is 20.9 Å². The molecule has 1 unspecified atom stereocenters. The van der Waals surface area contributed by atoms with E-state index in [-0.39, 0.29) is 18.1 Å². The molecule has 1 atom stereocenters. The van der Waals surface area contributed by atoms with Gasteiger partial charge in [0.05, 0.1) is 40.8 Å². The Morgan fingerprint density at radius 1 is 1.08 bits per heavy atom. The number of ether oxygens (including phenoxy) is 1. The molecule has 0 saturated heterocycles. The third-order valence-electron chi connectivity index (χ3n) is 5.85. The molecule has 5 N–H and O–H groups in total. The lowest BCUT2D eigenvalue weighted by Crippen LogP contribution is -2.23. The average molecular weight is 515 g/mol. The number of anilines is 2. The highest BCUT2D eigenvalue weighted by molar-refractivity contribution is 6.35. The Bertz CT molecular complexity index is 1570. The van der Waals surface area contributed by atoms with Crippen LogP contribution in [0.15, 0.2) is 72.9 Å². The number of hydrogen-bond acceptors (Lipinski definition) is 8. The molecule has 9 nitrogen and oxygen atoms in total. The minimum atomic E-state index is -1.02. The van der Waals surface area contributed by atoms with Crippen LogP contribution in [-0.4, -0.2) is 44.6 Å². The molecule has 2 aromatic heterocycles. The third-order valence-corrected chi connectivity index (χ3v) is 6.15. The number of halogens is 1. The van der Waals surface area contributed by atoms with Crippen molar-refractivity contribution >= 4 is 40.1 Å². The molecule has 0 spiro atoms. The summed E-state index contributed by atoms with van der Waals surface area (Å²) in [5.74, 6) is -0.0528. The van der Waals surface area contributed by atoms with Crippen molar-refractivity contribution in [2.75, 3.05) is 18.2 Å². The SMILES string of the molecule is COC(=O)c1ccc(CC(O)Nc2nc(-c3cc(Cl)c4[nH]ncc4c3)c(-c3ccccc3)nc2N)cc1. The fraction of sp³-hybridized carbons (Fsp3) is 0.111. The van der Waals surface area contributed by atoms with E-state index in [2.05, 4.69) is 20.5 Å². The summed E-state index contributed by atoms with van der Waals surface area (Å²) in [6.45, 7) is 0. The van der Waals surface area contributed by atoms with E-state index in [0.29, 0.717) is 22.0 Å². The standard InChI is InChI=1S/C27H23ClN6O3/c1-37-27(36)17-9-7-15(8-10-17)11-21(35)31-26-25(29)32-23(16-5-3-2-4-6-16)24(33-26)18-12-19-14-30-34-22(19)20(28)13-18/h2-10,12-14,21,35H,11H2,1H3,(H2,29,32)(H,30,34)(H,31,33). The maximum Gasteiger partial charge on any atom is 0.337 e. The number of fused-ring (bicyclic) bond motifs is 1. The number of aliphatic hydroxyl groups is 1. The summed E-state index contributed by atoms with van der Waals surface area (Å²) < 4.78 is 4.72. The van der Waals surface area contributed by atoms with Crippen LogP contribution in [0.2, 0.25) is 5.02 Å². The first-order chi connectivity index (χ1) is 17.9. The largest absolute Gasteiger partial charge is 0.465 e. The molecule has 37 heavy (non-hydrogen) atoms. The van der Waals surface area contributed by atoms with E-state index in [1.807, 2.05) is 36.4 Å². The topological polar surface area (TPSA) is 139 Å². The second-order valence-corrected chi connectivity index (χ2v) is 8.77. The van der Waals surface area contributed by atoms with Crippen molar-refractivity contribution in [3.05, 3.63) is 89.1 Å². The highest BCUT2D eigenvalue weighted by atomic mass is 35.5. The van der Waals surface area contributed by atoms with Crippen molar-refractivity contribution in [1.29, 1.82) is 0 Å². The quantitative estimate of drug-likeness (QED) is 0.181. The average Bonchev–Trinajstić information content (AvgIpc) is 3.39. The van der Waals surface area contributed by atoms with Gasteiger partial charge in [0, 0.05) is 22.9 Å². The molecule has 0 aliphatic heterocycles. The predicted octanol–water partition coefficient (Wildman–Crippen LogP) is 4.68. The number of nitrogen functional groups attached to an aromatic ring is 1. The number of methoxy groups -OCH3 is 1. The van der Waals surface area contributed by atoms with Crippen LogP contribution in [0.4, 0.5) is 11.6 Å². The maximum atomic E-state index is 11.7. The third kappa shape index (κ3) is 5.09. The summed E-state index contributed by atoms with van der Waals surface area (Å²) in [4.78, 5) is 21.1. The fourth-order valence-corrected chi connectivity index (χ4v) is 4.30. The van der Waals surface area contributed by atoms with Crippen molar-refractivity contribution in [2.24, 2.45) is 0 Å². The molecular formula is C27H23ClN6O3. The van der Waals surface area contributed by atoms with Gasteiger partial charge in [0.25, 0.3) is 0 Å². The zero-order chi connectivity index (χ0) is 25.9. The number of aliphatic hydroxyl groups excluding tert-OH is 1. The van der Waals surface area contributed by atoms with Crippen LogP contribution >= 0.6 is 11.6 Å². The van der Waals surface area contributed by atoms with Gasteiger partial charge in [-0.05, 0) is 29.8 Å². The van der Waals surface area contributed by atoms with Gasteiger partial charge in [-0.2, -0.15) is 5.10 Å². The summed E-state index contributed by atoms with van der Waals surface area (Å²) >= 11 is 6.51. The van der Waals surface area contributed by atoms with Gasteiger partial charge in [0.15, 0.2) is 11.6 Å². The number of aromatic nitrogens is 4. The molecule has 5 aromatic rings. The molecular weight excluding hydrogens is 492 g/mol. The molecule has 0 aliphatic carbocycles. The molecule has 0 saturated carbocycles. The van der Waals surface area contributed by atoms with Crippen LogP contribution in [0, 0.1) is 0 Å². The molecule has 0 radical (unpaired) electrons. The van der Waals surface area contributed by atoms with E-state index in [1.165, 1.54) is 7.11 Å². The summed E-state index contributed by atoms with van der Waals surface area (Å²) in [5.41, 5.74) is 10.9. The van der Waals surface area contributed by atoms with Crippen molar-refractivity contribution in [3.8, 4) is 22.5 Å². The van der Waals surface area contributed by atoms with Gasteiger partial charge in [-0.15, -0.1) is 0 Å². The fourth-order valence-electron chi connectivity index (χ4n) is 4.03. The van der Waals surface area contributed by atoms with Crippen LogP contribution in [0.25, 0.3) is 33.4 Å². The second kappa shape index (κ2) is 10.3. The molecule has 0 amide bonds. The molecule has 2 heterocycles. The summed E-state index contributed by atoms with van der Waals surface area (Å²) in [6.07, 6.45) is 0.910. The van der Waals surface area contributed by atoms with Crippen LogP contribution in [-0.2, 0) is 11.2 Å². The number of esters is 1. The van der Waals surface area contributed by atoms with E-state index < -0.39 is 12.2 Å². The number of nitrogens with zero attached hydrogens (tertiary/aromatic N) is 3. The normalized spacial score (nSPS) is 11.9. The van der Waals surface area contributed by atoms with Gasteiger partial charge in [-0.1, -0.05) is 54.1 Å². The van der Waals surface area contributed by atoms with Gasteiger partial charge in [0.1, 0.15) is 6.23 Å². The lowest BCUT2D eigenvalue weighted by Gasteiger charge is -2.18. The maximum absolute atomic E-state index is 11.7. The minimum absolute atomic E-state index is 0.137. The van der Waals surface area contributed by atoms with Crippen molar-refractivity contribution < 1.29 is 14.6 Å². The van der Waals surface area contributed by atoms with E-state index in [4.69, 9.17) is 27.1 Å². The van der Waals surface area contributed by atoms with E-state index in [0.717, 1.165) is 27.6 Å². The number of nitrogens with one attached hydrogen (secondary N) is 2. The monoisotopic (exact) mass is 514 g/mol. The Morgan fingerprint density at radius 2 is 1.81 bits per heavy atom. The Morgan fingerprint density at radius 3 is 2.54 bits per heavy atom. The van der Waals surface area contributed by atoms with Gasteiger partial charge in [-0.3, -0.25) is 5.10 Å². The van der Waals surface area contributed by atoms with Crippen LogP contribution in [0.1, 0.15) is 15.9 Å². The van der Waals surface area contributed by atoms with E-state index in [9.17, 15) is 9.90 Å². The Hall–Kier alpha value is -4.47. The van der Waals surface area contributed by atoms with E-state index >= 15 is 0 Å². The van der Waals surface area contributed by atoms with Crippen molar-refractivity contribution in [3.63, 3.8) is 0 Å². The Balaban J connectivity index is 1.49. The van der Waals surface area contributed by atoms with Crippen LogP contribution < -0.4 is 11.1 Å². The Kier molecular flexibility index (Phi) is 6.72. The van der Waals surface area contributed by atoms with Crippen LogP contribution in [0.3, 0.4) is 0 Å². The van der Waals surface area contributed by atoms with Gasteiger partial charge in [-0.25, -0.2) is 14.8 Å². The highest BCUT2D eigenvalue weighted by Gasteiger charge is 2.19. The molecule has 5 rings (SSSR count). The molecule has 0 fully saturated rings. The van der Waals surface area contributed by atoms with E-state index in [1.54, 1.807) is 36.5 Å². The number of carbonyl (C=O) groups excluding carboxylic acids is 1. The molecule has 186 valence electrons. The lowest BCUT2D eigenvalue weighted by molar-refractivity contribution is 0.0600. The number of aromatic amines is 1. The number of benzene rings is 3. The predicted molar refractivity (Wildman–Crippen MR) is 143 cm³/mol. The smallest absolute Gasteiger partial charge is 0.337 e. The van der Waals surface area contributed by atoms with Crippen molar-refractivity contribution in [1.82, 2.24) is 20.2 Å². The first kappa shape index (κ1) is 24.2. The number of carbonyl (C=O) groups is 1. The molecule has 0 bridgehead atoms. The first-order valence-corrected chi connectivity index (χ1v) is 11.8. The second-order valence-electron chi connectivity index (χ2n) is 8.37. The summed E-state index contributed by atoms with van der Waals surface area (Å²) in [5, 5.41) is 22.0. The molecule has 3 aromatic carbocycles. The van der Waals surface area contributed by atoms with Gasteiger partial charge >= 0.3 is 5.97 Å². The minimum Gasteiger partial charge on any atom is -0.465 e.